The fraction of sp³-hybridized carbons (Fsp3) is 0.412. The van der Waals surface area contributed by atoms with E-state index in [0.29, 0.717) is 0 Å². The van der Waals surface area contributed by atoms with Gasteiger partial charge >= 0.3 is 0 Å². The zero-order valence-electron chi connectivity index (χ0n) is 13.1. The Balaban J connectivity index is 2.59. The Kier molecular flexibility index (Phi) is 4.89. The van der Waals surface area contributed by atoms with Gasteiger partial charge in [-0.1, -0.05) is 26.8 Å². The predicted octanol–water partition coefficient (Wildman–Crippen LogP) is 4.54. The van der Waals surface area contributed by atoms with Gasteiger partial charge in [-0.2, -0.15) is 0 Å². The number of rotatable bonds is 5. The molecule has 1 aromatic heterocycles. The number of benzene rings is 1. The van der Waals surface area contributed by atoms with Crippen LogP contribution in [0, 0.1) is 12.7 Å². The van der Waals surface area contributed by atoms with Crippen LogP contribution in [-0.4, -0.2) is 16.5 Å². The lowest BCUT2D eigenvalue weighted by Crippen LogP contribution is -2.09. The lowest BCUT2D eigenvalue weighted by molar-refractivity contribution is 0.627. The third-order valence-electron chi connectivity index (χ3n) is 3.46. The molecule has 2 aromatic rings. The maximum absolute atomic E-state index is 13.6. The van der Waals surface area contributed by atoms with Crippen molar-refractivity contribution in [2.24, 2.45) is 0 Å². The first-order chi connectivity index (χ1) is 10.0. The number of aryl methyl sites for hydroxylation is 1. The molecule has 1 N–H and O–H groups in total. The second-order valence-corrected chi connectivity index (χ2v) is 5.53. The van der Waals surface area contributed by atoms with Crippen molar-refractivity contribution < 1.29 is 4.39 Å². The molecule has 0 radical (unpaired) electrons. The van der Waals surface area contributed by atoms with E-state index in [9.17, 15) is 4.39 Å². The maximum atomic E-state index is 13.6. The first-order valence-electron chi connectivity index (χ1n) is 7.39. The van der Waals surface area contributed by atoms with Crippen molar-refractivity contribution in [1.82, 2.24) is 9.97 Å². The van der Waals surface area contributed by atoms with Crippen molar-refractivity contribution in [2.75, 3.05) is 11.9 Å². The van der Waals surface area contributed by atoms with Gasteiger partial charge in [-0.15, -0.1) is 0 Å². The van der Waals surface area contributed by atoms with Gasteiger partial charge in [0.15, 0.2) is 0 Å². The number of nitrogens with zero attached hydrogens (tertiary/aromatic N) is 2. The zero-order chi connectivity index (χ0) is 15.4. The van der Waals surface area contributed by atoms with Gasteiger partial charge in [-0.3, -0.25) is 0 Å². The van der Waals surface area contributed by atoms with Crippen LogP contribution >= 0.6 is 0 Å². The summed E-state index contributed by atoms with van der Waals surface area (Å²) in [5, 5.41) is 3.34. The third-order valence-corrected chi connectivity index (χ3v) is 3.46. The van der Waals surface area contributed by atoms with Gasteiger partial charge < -0.3 is 5.32 Å². The number of nitrogens with one attached hydrogen (secondary N) is 1. The molecule has 3 nitrogen and oxygen atoms in total. The fourth-order valence-corrected chi connectivity index (χ4v) is 2.39. The first kappa shape index (κ1) is 15.4. The highest BCUT2D eigenvalue weighted by molar-refractivity contribution is 5.71. The molecule has 0 amide bonds. The van der Waals surface area contributed by atoms with E-state index in [-0.39, 0.29) is 11.7 Å². The van der Waals surface area contributed by atoms with Gasteiger partial charge in [-0.05, 0) is 37.0 Å². The minimum absolute atomic E-state index is 0.244. The molecule has 0 atom stereocenters. The Bertz CT molecular complexity index is 623. The molecular weight excluding hydrogens is 265 g/mol. The second-order valence-electron chi connectivity index (χ2n) is 5.53. The fourth-order valence-electron chi connectivity index (χ4n) is 2.39. The van der Waals surface area contributed by atoms with Crippen molar-refractivity contribution in [2.45, 2.75) is 40.0 Å². The molecule has 0 unspecified atom stereocenters. The van der Waals surface area contributed by atoms with Crippen LogP contribution in [-0.2, 0) is 0 Å². The van der Waals surface area contributed by atoms with Crippen molar-refractivity contribution in [3.8, 4) is 11.3 Å². The molecule has 1 aromatic carbocycles. The van der Waals surface area contributed by atoms with E-state index >= 15 is 0 Å². The van der Waals surface area contributed by atoms with Gasteiger partial charge in [0.1, 0.15) is 18.0 Å². The quantitative estimate of drug-likeness (QED) is 0.877. The summed E-state index contributed by atoms with van der Waals surface area (Å²) < 4.78 is 13.6. The van der Waals surface area contributed by atoms with Gasteiger partial charge in [-0.25, -0.2) is 14.4 Å². The lowest BCUT2D eigenvalue weighted by atomic mass is 9.95. The highest BCUT2D eigenvalue weighted by atomic mass is 19.1. The van der Waals surface area contributed by atoms with Gasteiger partial charge in [0.25, 0.3) is 0 Å². The highest BCUT2D eigenvalue weighted by Crippen LogP contribution is 2.33. The van der Waals surface area contributed by atoms with Gasteiger partial charge in [0, 0.05) is 17.7 Å². The lowest BCUT2D eigenvalue weighted by Gasteiger charge is -2.18. The van der Waals surface area contributed by atoms with E-state index in [1.165, 1.54) is 6.07 Å². The molecule has 0 saturated heterocycles. The smallest absolute Gasteiger partial charge is 0.133 e. The van der Waals surface area contributed by atoms with Crippen LogP contribution in [0.4, 0.5) is 10.2 Å². The molecule has 2 rings (SSSR count). The summed E-state index contributed by atoms with van der Waals surface area (Å²) in [5.74, 6) is 0.857. The number of aromatic nitrogens is 2. The van der Waals surface area contributed by atoms with Crippen molar-refractivity contribution in [3.05, 3.63) is 41.5 Å². The minimum Gasteiger partial charge on any atom is -0.370 e. The monoisotopic (exact) mass is 287 g/mol. The molecular formula is C17H22FN3. The van der Waals surface area contributed by atoms with Crippen molar-refractivity contribution in [1.29, 1.82) is 0 Å². The van der Waals surface area contributed by atoms with E-state index in [0.717, 1.165) is 41.2 Å². The van der Waals surface area contributed by atoms with E-state index < -0.39 is 0 Å². The maximum Gasteiger partial charge on any atom is 0.133 e. The number of halogens is 1. The Labute approximate surface area is 125 Å². The van der Waals surface area contributed by atoms with Crippen LogP contribution in [0.1, 0.15) is 44.2 Å². The largest absolute Gasteiger partial charge is 0.370 e. The first-order valence-corrected chi connectivity index (χ1v) is 7.39. The second kappa shape index (κ2) is 6.66. The molecule has 21 heavy (non-hydrogen) atoms. The van der Waals surface area contributed by atoms with Crippen LogP contribution in [0.2, 0.25) is 0 Å². The molecule has 112 valence electrons. The summed E-state index contributed by atoms with van der Waals surface area (Å²) in [6.45, 7) is 9.15. The van der Waals surface area contributed by atoms with E-state index in [1.807, 2.05) is 6.92 Å². The summed E-state index contributed by atoms with van der Waals surface area (Å²) in [6, 6.07) is 4.81. The third kappa shape index (κ3) is 3.38. The number of hydrogen-bond acceptors (Lipinski definition) is 3. The van der Waals surface area contributed by atoms with Crippen LogP contribution in [0.5, 0.6) is 0 Å². The summed E-state index contributed by atoms with van der Waals surface area (Å²) in [5.41, 5.74) is 3.70. The average molecular weight is 287 g/mol. The molecule has 4 heteroatoms. The molecule has 0 aliphatic rings. The average Bonchev–Trinajstić information content (AvgIpc) is 2.47. The molecule has 0 aliphatic carbocycles. The minimum atomic E-state index is -0.244. The summed E-state index contributed by atoms with van der Waals surface area (Å²) in [7, 11) is 0. The zero-order valence-corrected chi connectivity index (χ0v) is 13.1. The topological polar surface area (TPSA) is 37.8 Å². The molecule has 0 bridgehead atoms. The van der Waals surface area contributed by atoms with Gasteiger partial charge in [0.05, 0.1) is 5.69 Å². The molecule has 0 spiro atoms. The Hall–Kier alpha value is -1.97. The van der Waals surface area contributed by atoms with Gasteiger partial charge in [0.2, 0.25) is 0 Å². The normalized spacial score (nSPS) is 11.0. The Morgan fingerprint density at radius 3 is 2.67 bits per heavy atom. The SMILES string of the molecule is CCCNc1ncnc(-c2cc(F)ccc2C)c1C(C)C. The summed E-state index contributed by atoms with van der Waals surface area (Å²) >= 11 is 0. The summed E-state index contributed by atoms with van der Waals surface area (Å²) in [4.78, 5) is 8.78. The molecule has 0 aliphatic heterocycles. The standard InChI is InChI=1S/C17H22FN3/c1-5-8-19-17-15(11(2)3)16(20-10-21-17)14-9-13(18)7-6-12(14)4/h6-7,9-11H,5,8H2,1-4H3,(H,19,20,21). The van der Waals surface area contributed by atoms with Crippen LogP contribution in [0.25, 0.3) is 11.3 Å². The van der Waals surface area contributed by atoms with E-state index in [2.05, 4.69) is 36.1 Å². The number of anilines is 1. The van der Waals surface area contributed by atoms with Crippen LogP contribution in [0.3, 0.4) is 0 Å². The van der Waals surface area contributed by atoms with Crippen molar-refractivity contribution in [3.63, 3.8) is 0 Å². The van der Waals surface area contributed by atoms with Crippen LogP contribution < -0.4 is 5.32 Å². The molecule has 0 saturated carbocycles. The molecule has 0 fully saturated rings. The van der Waals surface area contributed by atoms with Crippen molar-refractivity contribution >= 4 is 5.82 Å². The Morgan fingerprint density at radius 2 is 2.00 bits per heavy atom. The molecule has 1 heterocycles. The highest BCUT2D eigenvalue weighted by Gasteiger charge is 2.17. The van der Waals surface area contributed by atoms with E-state index in [4.69, 9.17) is 0 Å². The predicted molar refractivity (Wildman–Crippen MR) is 85.0 cm³/mol. The van der Waals surface area contributed by atoms with E-state index in [1.54, 1.807) is 18.5 Å². The Morgan fingerprint density at radius 1 is 1.24 bits per heavy atom. The summed E-state index contributed by atoms with van der Waals surface area (Å²) in [6.07, 6.45) is 2.57. The number of hydrogen-bond donors (Lipinski definition) is 1. The van der Waals surface area contributed by atoms with Crippen LogP contribution in [0.15, 0.2) is 24.5 Å².